The van der Waals surface area contributed by atoms with Crippen LogP contribution in [-0.2, 0) is 7.05 Å². The van der Waals surface area contributed by atoms with E-state index in [9.17, 15) is 4.79 Å². The van der Waals surface area contributed by atoms with E-state index in [1.807, 2.05) is 80.7 Å². The van der Waals surface area contributed by atoms with E-state index in [0.717, 1.165) is 44.7 Å². The molecule has 0 aliphatic rings. The standard InChI is InChI=1S/C26H23N5O/c1-16-9-10-20(29-26-28-15-23(30-26)18-7-5-4-6-8-18)13-21(16)22-12-19-14-27-17(2)11-24(19)31(3)25(22)32/h4-15H,1-3H3,(H2,28,29,30). The Morgan fingerprint density at radius 2 is 1.72 bits per heavy atom. The molecule has 0 atom stereocenters. The lowest BCUT2D eigenvalue weighted by atomic mass is 9.99. The van der Waals surface area contributed by atoms with Gasteiger partial charge in [0.25, 0.3) is 5.56 Å². The molecule has 0 saturated heterocycles. The first-order valence-electron chi connectivity index (χ1n) is 10.4. The maximum absolute atomic E-state index is 13.2. The van der Waals surface area contributed by atoms with Crippen molar-refractivity contribution in [1.82, 2.24) is 19.5 Å². The monoisotopic (exact) mass is 421 g/mol. The average Bonchev–Trinajstić information content (AvgIpc) is 3.27. The lowest BCUT2D eigenvalue weighted by Crippen LogP contribution is -2.19. The predicted molar refractivity (Wildman–Crippen MR) is 129 cm³/mol. The molecule has 0 fully saturated rings. The van der Waals surface area contributed by atoms with Crippen LogP contribution in [-0.4, -0.2) is 19.5 Å². The van der Waals surface area contributed by atoms with Crippen molar-refractivity contribution in [2.45, 2.75) is 13.8 Å². The second kappa shape index (κ2) is 7.81. The molecule has 6 heteroatoms. The molecule has 2 aromatic carbocycles. The number of aromatic nitrogens is 4. The normalized spacial score (nSPS) is 11.1. The Morgan fingerprint density at radius 3 is 2.53 bits per heavy atom. The molecule has 32 heavy (non-hydrogen) atoms. The number of anilines is 2. The number of hydrogen-bond acceptors (Lipinski definition) is 4. The Kier molecular flexibility index (Phi) is 4.82. The molecule has 0 bridgehead atoms. The molecule has 0 radical (unpaired) electrons. The zero-order valence-electron chi connectivity index (χ0n) is 18.2. The topological polar surface area (TPSA) is 75.6 Å². The first-order valence-corrected chi connectivity index (χ1v) is 10.4. The van der Waals surface area contributed by atoms with E-state index >= 15 is 0 Å². The Balaban J connectivity index is 1.53. The lowest BCUT2D eigenvalue weighted by Gasteiger charge is -2.13. The zero-order valence-corrected chi connectivity index (χ0v) is 18.2. The number of fused-ring (bicyclic) bond motifs is 1. The molecule has 2 N–H and O–H groups in total. The largest absolute Gasteiger partial charge is 0.326 e. The molecule has 0 aliphatic heterocycles. The Morgan fingerprint density at radius 1 is 0.906 bits per heavy atom. The van der Waals surface area contributed by atoms with Gasteiger partial charge in [-0.3, -0.25) is 9.78 Å². The third-order valence-electron chi connectivity index (χ3n) is 5.70. The lowest BCUT2D eigenvalue weighted by molar-refractivity contribution is 0.905. The van der Waals surface area contributed by atoms with Crippen LogP contribution in [0.15, 0.2) is 77.9 Å². The van der Waals surface area contributed by atoms with Crippen molar-refractivity contribution in [3.63, 3.8) is 0 Å². The van der Waals surface area contributed by atoms with Crippen LogP contribution in [0.4, 0.5) is 11.6 Å². The predicted octanol–water partition coefficient (Wildman–Crippen LogP) is 5.35. The van der Waals surface area contributed by atoms with Crippen LogP contribution in [0.3, 0.4) is 0 Å². The third-order valence-corrected chi connectivity index (χ3v) is 5.70. The van der Waals surface area contributed by atoms with Crippen LogP contribution in [0.5, 0.6) is 0 Å². The van der Waals surface area contributed by atoms with Gasteiger partial charge in [-0.25, -0.2) is 4.98 Å². The van der Waals surface area contributed by atoms with Gasteiger partial charge in [0.15, 0.2) is 0 Å². The number of nitrogens with zero attached hydrogens (tertiary/aromatic N) is 3. The minimum atomic E-state index is -0.0345. The summed E-state index contributed by atoms with van der Waals surface area (Å²) >= 11 is 0. The van der Waals surface area contributed by atoms with Gasteiger partial charge in [0.05, 0.1) is 17.4 Å². The van der Waals surface area contributed by atoms with Crippen molar-refractivity contribution < 1.29 is 0 Å². The third kappa shape index (κ3) is 3.56. The van der Waals surface area contributed by atoms with Crippen LogP contribution >= 0.6 is 0 Å². The molecule has 158 valence electrons. The van der Waals surface area contributed by atoms with E-state index in [1.54, 1.807) is 17.8 Å². The van der Waals surface area contributed by atoms with Gasteiger partial charge in [-0.05, 0) is 54.8 Å². The summed E-state index contributed by atoms with van der Waals surface area (Å²) in [5.74, 6) is 0.643. The molecule has 6 nitrogen and oxygen atoms in total. The van der Waals surface area contributed by atoms with Crippen molar-refractivity contribution >= 4 is 22.5 Å². The molecular formula is C26H23N5O. The Hall–Kier alpha value is -4.19. The fourth-order valence-corrected chi connectivity index (χ4v) is 3.93. The molecule has 0 unspecified atom stereocenters. The van der Waals surface area contributed by atoms with Gasteiger partial charge >= 0.3 is 0 Å². The highest BCUT2D eigenvalue weighted by atomic mass is 16.1. The summed E-state index contributed by atoms with van der Waals surface area (Å²) in [5.41, 5.74) is 7.14. The summed E-state index contributed by atoms with van der Waals surface area (Å²) in [6.07, 6.45) is 3.62. The summed E-state index contributed by atoms with van der Waals surface area (Å²) in [7, 11) is 1.80. The van der Waals surface area contributed by atoms with Crippen molar-refractivity contribution in [2.24, 2.45) is 7.05 Å². The van der Waals surface area contributed by atoms with Crippen LogP contribution in [0.25, 0.3) is 33.3 Å². The highest BCUT2D eigenvalue weighted by Gasteiger charge is 2.13. The molecule has 3 aromatic heterocycles. The molecule has 5 aromatic rings. The first kappa shape index (κ1) is 19.8. The molecule has 0 saturated carbocycles. The van der Waals surface area contributed by atoms with Crippen LogP contribution in [0, 0.1) is 13.8 Å². The van der Waals surface area contributed by atoms with E-state index in [2.05, 4.69) is 20.3 Å². The quantitative estimate of drug-likeness (QED) is 0.410. The van der Waals surface area contributed by atoms with E-state index in [4.69, 9.17) is 0 Å². The van der Waals surface area contributed by atoms with Gasteiger partial charge in [0.2, 0.25) is 5.95 Å². The number of rotatable bonds is 4. The van der Waals surface area contributed by atoms with Gasteiger partial charge in [-0.1, -0.05) is 36.4 Å². The number of H-pyrrole nitrogens is 1. The zero-order chi connectivity index (χ0) is 22.2. The maximum Gasteiger partial charge on any atom is 0.258 e. The molecule has 0 aliphatic carbocycles. The summed E-state index contributed by atoms with van der Waals surface area (Å²) in [6, 6.07) is 19.9. The number of aromatic amines is 1. The second-order valence-corrected chi connectivity index (χ2v) is 7.97. The van der Waals surface area contributed by atoms with Gasteiger partial charge in [-0.15, -0.1) is 0 Å². The number of nitrogens with one attached hydrogen (secondary N) is 2. The highest BCUT2D eigenvalue weighted by Crippen LogP contribution is 2.28. The fraction of sp³-hybridized carbons (Fsp3) is 0.115. The minimum absolute atomic E-state index is 0.0345. The van der Waals surface area contributed by atoms with E-state index in [-0.39, 0.29) is 5.56 Å². The summed E-state index contributed by atoms with van der Waals surface area (Å²) in [5, 5.41) is 4.26. The Labute approximate surface area is 185 Å². The molecule has 0 amide bonds. The number of hydrogen-bond donors (Lipinski definition) is 2. The van der Waals surface area contributed by atoms with E-state index in [1.165, 1.54) is 0 Å². The first-order chi connectivity index (χ1) is 15.5. The van der Waals surface area contributed by atoms with Gasteiger partial charge in [0.1, 0.15) is 0 Å². The van der Waals surface area contributed by atoms with Crippen LogP contribution < -0.4 is 10.9 Å². The van der Waals surface area contributed by atoms with E-state index < -0.39 is 0 Å². The average molecular weight is 422 g/mol. The van der Waals surface area contributed by atoms with Crippen molar-refractivity contribution in [3.05, 3.63) is 94.7 Å². The fourth-order valence-electron chi connectivity index (χ4n) is 3.93. The molecule has 3 heterocycles. The van der Waals surface area contributed by atoms with Crippen molar-refractivity contribution in [2.75, 3.05) is 5.32 Å². The molecule has 0 spiro atoms. The van der Waals surface area contributed by atoms with Gasteiger partial charge in [-0.2, -0.15) is 0 Å². The second-order valence-electron chi connectivity index (χ2n) is 7.97. The van der Waals surface area contributed by atoms with Gasteiger partial charge < -0.3 is 14.9 Å². The summed E-state index contributed by atoms with van der Waals surface area (Å²) < 4.78 is 1.69. The van der Waals surface area contributed by atoms with Crippen LogP contribution in [0.2, 0.25) is 0 Å². The number of pyridine rings is 2. The number of benzene rings is 2. The van der Waals surface area contributed by atoms with E-state index in [0.29, 0.717) is 11.5 Å². The molecule has 5 rings (SSSR count). The highest BCUT2D eigenvalue weighted by molar-refractivity contribution is 5.85. The number of imidazole rings is 1. The van der Waals surface area contributed by atoms with Crippen LogP contribution in [0.1, 0.15) is 11.3 Å². The van der Waals surface area contributed by atoms with Crippen molar-refractivity contribution in [1.29, 1.82) is 0 Å². The summed E-state index contributed by atoms with van der Waals surface area (Å²) in [4.78, 5) is 25.3. The van der Waals surface area contributed by atoms with Gasteiger partial charge in [0, 0.05) is 35.6 Å². The Bertz CT molecular complexity index is 1500. The number of aryl methyl sites for hydroxylation is 3. The minimum Gasteiger partial charge on any atom is -0.326 e. The summed E-state index contributed by atoms with van der Waals surface area (Å²) in [6.45, 7) is 3.94. The SMILES string of the molecule is Cc1cc2c(cn1)cc(-c1cc(Nc3ncc(-c4ccccc4)[nH]3)ccc1C)c(=O)n2C. The van der Waals surface area contributed by atoms with Crippen molar-refractivity contribution in [3.8, 4) is 22.4 Å². The maximum atomic E-state index is 13.2. The molecular weight excluding hydrogens is 398 g/mol. The smallest absolute Gasteiger partial charge is 0.258 e.